The van der Waals surface area contributed by atoms with Gasteiger partial charge in [0, 0.05) is 30.7 Å². The zero-order valence-corrected chi connectivity index (χ0v) is 10.3. The Morgan fingerprint density at radius 1 is 1.60 bits per heavy atom. The van der Waals surface area contributed by atoms with Gasteiger partial charge in [-0.15, -0.1) is 0 Å². The average molecular weight is 215 g/mol. The zero-order chi connectivity index (χ0) is 11.3. The molecule has 0 aromatic carbocycles. The Hall–Kier alpha value is -0.120. The molecule has 1 aliphatic rings. The van der Waals surface area contributed by atoms with Crippen LogP contribution in [0.1, 0.15) is 40.0 Å². The Bertz CT molecular complexity index is 186. The Morgan fingerprint density at radius 3 is 2.93 bits per heavy atom. The molecule has 0 heterocycles. The summed E-state index contributed by atoms with van der Waals surface area (Å²) in [6.45, 7) is 8.14. The van der Waals surface area contributed by atoms with Crippen molar-refractivity contribution in [3.63, 3.8) is 0 Å². The molecule has 90 valence electrons. The third-order valence-electron chi connectivity index (χ3n) is 3.50. The molecule has 0 amide bonds. The van der Waals surface area contributed by atoms with Crippen LogP contribution < -0.4 is 5.32 Å². The normalized spacial score (nSPS) is 33.2. The molecule has 2 N–H and O–H groups in total. The number of aliphatic hydroxyl groups is 1. The van der Waals surface area contributed by atoms with Crippen molar-refractivity contribution in [3.8, 4) is 0 Å². The van der Waals surface area contributed by atoms with Gasteiger partial charge in [-0.05, 0) is 26.7 Å². The van der Waals surface area contributed by atoms with Gasteiger partial charge in [-0.2, -0.15) is 0 Å². The first-order valence-corrected chi connectivity index (χ1v) is 6.07. The van der Waals surface area contributed by atoms with Crippen molar-refractivity contribution in [1.82, 2.24) is 5.32 Å². The summed E-state index contributed by atoms with van der Waals surface area (Å²) in [5.74, 6) is 0. The Kier molecular flexibility index (Phi) is 5.03. The summed E-state index contributed by atoms with van der Waals surface area (Å²) in [6, 6.07) is 0.817. The lowest BCUT2D eigenvalue weighted by Crippen LogP contribution is -2.47. The minimum atomic E-state index is 0.0699. The fourth-order valence-corrected chi connectivity index (χ4v) is 2.39. The molecule has 0 bridgehead atoms. The van der Waals surface area contributed by atoms with Gasteiger partial charge in [0.05, 0.1) is 6.61 Å². The average Bonchev–Trinajstić information content (AvgIpc) is 2.58. The molecule has 3 nitrogen and oxygen atoms in total. The maximum Gasteiger partial charge on any atom is 0.0616 e. The van der Waals surface area contributed by atoms with Crippen LogP contribution in [0, 0.1) is 5.41 Å². The van der Waals surface area contributed by atoms with Crippen molar-refractivity contribution < 1.29 is 9.84 Å². The van der Waals surface area contributed by atoms with Crippen molar-refractivity contribution in [3.05, 3.63) is 0 Å². The van der Waals surface area contributed by atoms with Crippen LogP contribution in [0.2, 0.25) is 0 Å². The van der Waals surface area contributed by atoms with E-state index in [9.17, 15) is 5.11 Å². The molecule has 3 atom stereocenters. The fourth-order valence-electron chi connectivity index (χ4n) is 2.39. The van der Waals surface area contributed by atoms with Crippen LogP contribution in [0.5, 0.6) is 0 Å². The SMILES string of the molecule is CCOCC(C)NC1CCCC1(C)CO. The van der Waals surface area contributed by atoms with Gasteiger partial charge in [-0.25, -0.2) is 0 Å². The second-order valence-electron chi connectivity index (χ2n) is 4.98. The fraction of sp³-hybridized carbons (Fsp3) is 1.00. The van der Waals surface area contributed by atoms with E-state index in [0.717, 1.165) is 19.6 Å². The number of hydrogen-bond donors (Lipinski definition) is 2. The molecule has 0 aromatic heterocycles. The van der Waals surface area contributed by atoms with Crippen molar-refractivity contribution >= 4 is 0 Å². The summed E-state index contributed by atoms with van der Waals surface area (Å²) in [5.41, 5.74) is 0.0699. The summed E-state index contributed by atoms with van der Waals surface area (Å²) in [6.07, 6.45) is 3.52. The second-order valence-corrected chi connectivity index (χ2v) is 4.98. The van der Waals surface area contributed by atoms with E-state index in [0.29, 0.717) is 12.1 Å². The number of nitrogens with one attached hydrogen (secondary N) is 1. The highest BCUT2D eigenvalue weighted by molar-refractivity contribution is 4.94. The molecule has 3 heteroatoms. The summed E-state index contributed by atoms with van der Waals surface area (Å²) in [7, 11) is 0. The largest absolute Gasteiger partial charge is 0.396 e. The quantitative estimate of drug-likeness (QED) is 0.706. The summed E-state index contributed by atoms with van der Waals surface area (Å²) in [4.78, 5) is 0. The molecule has 15 heavy (non-hydrogen) atoms. The van der Waals surface area contributed by atoms with Crippen molar-refractivity contribution in [2.45, 2.75) is 52.1 Å². The van der Waals surface area contributed by atoms with E-state index in [4.69, 9.17) is 4.74 Å². The van der Waals surface area contributed by atoms with Crippen LogP contribution in [-0.4, -0.2) is 37.0 Å². The summed E-state index contributed by atoms with van der Waals surface area (Å²) < 4.78 is 5.38. The zero-order valence-electron chi connectivity index (χ0n) is 10.3. The standard InChI is InChI=1S/C12H25NO2/c1-4-15-8-10(2)13-11-6-5-7-12(11,3)9-14/h10-11,13-14H,4-9H2,1-3H3. The maximum absolute atomic E-state index is 9.41. The lowest BCUT2D eigenvalue weighted by atomic mass is 9.85. The Labute approximate surface area is 93.2 Å². The molecule has 1 rings (SSSR count). The highest BCUT2D eigenvalue weighted by Crippen LogP contribution is 2.37. The van der Waals surface area contributed by atoms with Gasteiger partial charge in [0.1, 0.15) is 0 Å². The molecule has 3 unspecified atom stereocenters. The van der Waals surface area contributed by atoms with Gasteiger partial charge in [-0.1, -0.05) is 13.3 Å². The van der Waals surface area contributed by atoms with E-state index in [2.05, 4.69) is 19.2 Å². The predicted octanol–water partition coefficient (Wildman–Crippen LogP) is 1.55. The first kappa shape index (κ1) is 12.9. The first-order valence-electron chi connectivity index (χ1n) is 6.07. The van der Waals surface area contributed by atoms with E-state index >= 15 is 0 Å². The van der Waals surface area contributed by atoms with Crippen LogP contribution in [0.3, 0.4) is 0 Å². The minimum Gasteiger partial charge on any atom is -0.396 e. The predicted molar refractivity (Wildman–Crippen MR) is 61.9 cm³/mol. The van der Waals surface area contributed by atoms with E-state index in [1.165, 1.54) is 12.8 Å². The van der Waals surface area contributed by atoms with Crippen LogP contribution in [0.25, 0.3) is 0 Å². The lowest BCUT2D eigenvalue weighted by Gasteiger charge is -2.32. The monoisotopic (exact) mass is 215 g/mol. The minimum absolute atomic E-state index is 0.0699. The number of hydrogen-bond acceptors (Lipinski definition) is 3. The maximum atomic E-state index is 9.41. The van der Waals surface area contributed by atoms with Crippen LogP contribution in [0.15, 0.2) is 0 Å². The van der Waals surface area contributed by atoms with Crippen LogP contribution in [0.4, 0.5) is 0 Å². The topological polar surface area (TPSA) is 41.5 Å². The van der Waals surface area contributed by atoms with Crippen LogP contribution >= 0.6 is 0 Å². The van der Waals surface area contributed by atoms with Crippen molar-refractivity contribution in [2.24, 2.45) is 5.41 Å². The van der Waals surface area contributed by atoms with E-state index in [-0.39, 0.29) is 12.0 Å². The number of aliphatic hydroxyl groups excluding tert-OH is 1. The van der Waals surface area contributed by atoms with Gasteiger partial charge in [0.25, 0.3) is 0 Å². The van der Waals surface area contributed by atoms with E-state index in [1.54, 1.807) is 0 Å². The summed E-state index contributed by atoms with van der Waals surface area (Å²) in [5, 5.41) is 13.0. The number of rotatable bonds is 6. The Morgan fingerprint density at radius 2 is 2.33 bits per heavy atom. The molecule has 1 saturated carbocycles. The molecular weight excluding hydrogens is 190 g/mol. The molecule has 0 radical (unpaired) electrons. The lowest BCUT2D eigenvalue weighted by molar-refractivity contribution is 0.0895. The molecule has 0 spiro atoms. The Balaban J connectivity index is 2.36. The highest BCUT2D eigenvalue weighted by Gasteiger charge is 2.38. The molecular formula is C12H25NO2. The van der Waals surface area contributed by atoms with E-state index in [1.807, 2.05) is 6.92 Å². The van der Waals surface area contributed by atoms with Gasteiger partial charge < -0.3 is 15.2 Å². The van der Waals surface area contributed by atoms with Gasteiger partial charge in [-0.3, -0.25) is 0 Å². The molecule has 0 saturated heterocycles. The molecule has 0 aliphatic heterocycles. The third-order valence-corrected chi connectivity index (χ3v) is 3.50. The second kappa shape index (κ2) is 5.83. The molecule has 1 aliphatic carbocycles. The number of ether oxygens (including phenoxy) is 1. The molecule has 1 fully saturated rings. The third kappa shape index (κ3) is 3.44. The van der Waals surface area contributed by atoms with E-state index < -0.39 is 0 Å². The van der Waals surface area contributed by atoms with Crippen LogP contribution in [-0.2, 0) is 4.74 Å². The smallest absolute Gasteiger partial charge is 0.0616 e. The van der Waals surface area contributed by atoms with Crippen molar-refractivity contribution in [1.29, 1.82) is 0 Å². The molecule has 0 aromatic rings. The summed E-state index contributed by atoms with van der Waals surface area (Å²) >= 11 is 0. The van der Waals surface area contributed by atoms with Gasteiger partial charge >= 0.3 is 0 Å². The highest BCUT2D eigenvalue weighted by atomic mass is 16.5. The van der Waals surface area contributed by atoms with Gasteiger partial charge in [0.2, 0.25) is 0 Å². The first-order chi connectivity index (χ1) is 7.12. The van der Waals surface area contributed by atoms with Crippen molar-refractivity contribution in [2.75, 3.05) is 19.8 Å². The van der Waals surface area contributed by atoms with Gasteiger partial charge in [0.15, 0.2) is 0 Å².